The van der Waals surface area contributed by atoms with E-state index >= 15 is 0 Å². The van der Waals surface area contributed by atoms with E-state index < -0.39 is 9.84 Å². The summed E-state index contributed by atoms with van der Waals surface area (Å²) < 4.78 is 26.8. The van der Waals surface area contributed by atoms with Crippen LogP contribution in [-0.2, 0) is 14.6 Å². The van der Waals surface area contributed by atoms with Crippen molar-refractivity contribution in [2.24, 2.45) is 0 Å². The summed E-state index contributed by atoms with van der Waals surface area (Å²) in [7, 11) is -2.68. The van der Waals surface area contributed by atoms with E-state index in [2.05, 4.69) is 5.32 Å². The first-order chi connectivity index (χ1) is 5.66. The average Bonchev–Trinajstić information content (AvgIpc) is 2.35. The summed E-state index contributed by atoms with van der Waals surface area (Å²) in [5, 5.41) is 3.27. The average molecular weight is 191 g/mol. The van der Waals surface area contributed by atoms with Gasteiger partial charge in [0.05, 0.1) is 18.1 Å². The van der Waals surface area contributed by atoms with Crippen LogP contribution in [0.3, 0.4) is 0 Å². The summed E-state index contributed by atoms with van der Waals surface area (Å²) in [6.07, 6.45) is 1.01. The highest BCUT2D eigenvalue weighted by Crippen LogP contribution is 2.13. The van der Waals surface area contributed by atoms with E-state index in [0.717, 1.165) is 19.6 Å². The first-order valence-electron chi connectivity index (χ1n) is 4.20. The molecule has 0 amide bonds. The van der Waals surface area contributed by atoms with Crippen molar-refractivity contribution in [2.45, 2.75) is 18.5 Å². The molecule has 4 nitrogen and oxygen atoms in total. The van der Waals surface area contributed by atoms with Crippen molar-refractivity contribution >= 4 is 9.84 Å². The van der Waals surface area contributed by atoms with Crippen LogP contribution in [0.25, 0.3) is 0 Å². The van der Waals surface area contributed by atoms with E-state index in [0.29, 0.717) is 17.5 Å². The molecule has 0 bridgehead atoms. The highest BCUT2D eigenvalue weighted by Gasteiger charge is 2.34. The zero-order chi connectivity index (χ0) is 8.60. The highest BCUT2D eigenvalue weighted by atomic mass is 32.2. The van der Waals surface area contributed by atoms with Crippen molar-refractivity contribution in [2.75, 3.05) is 24.7 Å². The lowest BCUT2D eigenvalue weighted by molar-refractivity contribution is 0.188. The second-order valence-corrected chi connectivity index (χ2v) is 5.65. The molecule has 0 aromatic rings. The Hall–Kier alpha value is -0.130. The SMILES string of the molecule is O=S1(=O)CC(NC2CCOC2)C1. The zero-order valence-electron chi connectivity index (χ0n) is 6.82. The van der Waals surface area contributed by atoms with E-state index in [9.17, 15) is 8.42 Å². The van der Waals surface area contributed by atoms with Crippen LogP contribution in [0, 0.1) is 0 Å². The summed E-state index contributed by atoms with van der Waals surface area (Å²) in [5.41, 5.74) is 0. The fourth-order valence-corrected chi connectivity index (χ4v) is 2.98. The third-order valence-electron chi connectivity index (χ3n) is 2.31. The summed E-state index contributed by atoms with van der Waals surface area (Å²) >= 11 is 0. The molecule has 0 radical (unpaired) electrons. The standard InChI is InChI=1S/C7H13NO3S/c9-12(10)4-7(5-12)8-6-1-2-11-3-6/h6-8H,1-5H2. The number of nitrogens with one attached hydrogen (secondary N) is 1. The predicted octanol–water partition coefficient (Wildman–Crippen LogP) is -0.838. The minimum atomic E-state index is -2.68. The fourth-order valence-electron chi connectivity index (χ4n) is 1.66. The number of sulfone groups is 1. The summed E-state index contributed by atoms with van der Waals surface area (Å²) in [6, 6.07) is 0.562. The normalized spacial score (nSPS) is 34.8. The van der Waals surface area contributed by atoms with Gasteiger partial charge >= 0.3 is 0 Å². The topological polar surface area (TPSA) is 55.4 Å². The van der Waals surface area contributed by atoms with Gasteiger partial charge in [0.2, 0.25) is 0 Å². The van der Waals surface area contributed by atoms with Crippen LogP contribution in [0.15, 0.2) is 0 Å². The first kappa shape index (κ1) is 8.47. The first-order valence-corrected chi connectivity index (χ1v) is 6.02. The lowest BCUT2D eigenvalue weighted by atomic mass is 10.2. The third kappa shape index (κ3) is 1.78. The molecule has 0 saturated carbocycles. The maximum atomic E-state index is 10.8. The Morgan fingerprint density at radius 3 is 2.50 bits per heavy atom. The minimum absolute atomic E-state index is 0.182. The van der Waals surface area contributed by atoms with Crippen LogP contribution in [0.5, 0.6) is 0 Å². The Labute approximate surface area is 72.2 Å². The van der Waals surface area contributed by atoms with Crippen LogP contribution in [0.2, 0.25) is 0 Å². The number of ether oxygens (including phenoxy) is 1. The van der Waals surface area contributed by atoms with Crippen molar-refractivity contribution in [1.29, 1.82) is 0 Å². The van der Waals surface area contributed by atoms with Gasteiger partial charge in [0, 0.05) is 18.7 Å². The Morgan fingerprint density at radius 2 is 2.00 bits per heavy atom. The molecule has 2 rings (SSSR count). The second kappa shape index (κ2) is 2.97. The van der Waals surface area contributed by atoms with Gasteiger partial charge in [-0.2, -0.15) is 0 Å². The molecular formula is C7H13NO3S. The maximum absolute atomic E-state index is 10.8. The number of rotatable bonds is 2. The van der Waals surface area contributed by atoms with Gasteiger partial charge in [0.15, 0.2) is 9.84 Å². The predicted molar refractivity (Wildman–Crippen MR) is 44.8 cm³/mol. The van der Waals surface area contributed by atoms with Crippen LogP contribution < -0.4 is 5.32 Å². The lowest BCUT2D eigenvalue weighted by Gasteiger charge is -2.29. The molecular weight excluding hydrogens is 178 g/mol. The molecule has 2 heterocycles. The fraction of sp³-hybridized carbons (Fsp3) is 1.00. The van der Waals surface area contributed by atoms with E-state index in [-0.39, 0.29) is 6.04 Å². The monoisotopic (exact) mass is 191 g/mol. The molecule has 2 aliphatic heterocycles. The highest BCUT2D eigenvalue weighted by molar-refractivity contribution is 7.92. The van der Waals surface area contributed by atoms with Crippen molar-refractivity contribution in [1.82, 2.24) is 5.32 Å². The van der Waals surface area contributed by atoms with Gasteiger partial charge in [0.25, 0.3) is 0 Å². The van der Waals surface area contributed by atoms with Crippen molar-refractivity contribution in [3.05, 3.63) is 0 Å². The number of hydrogen-bond acceptors (Lipinski definition) is 4. The van der Waals surface area contributed by atoms with Crippen molar-refractivity contribution in [3.63, 3.8) is 0 Å². The summed E-state index contributed by atoms with van der Waals surface area (Å²) in [4.78, 5) is 0. The van der Waals surface area contributed by atoms with E-state index in [1.165, 1.54) is 0 Å². The number of hydrogen-bond donors (Lipinski definition) is 1. The van der Waals surface area contributed by atoms with Gasteiger partial charge in [-0.25, -0.2) is 8.42 Å². The van der Waals surface area contributed by atoms with Gasteiger partial charge in [-0.05, 0) is 6.42 Å². The Morgan fingerprint density at radius 1 is 1.25 bits per heavy atom. The molecule has 0 aromatic heterocycles. The zero-order valence-corrected chi connectivity index (χ0v) is 7.64. The van der Waals surface area contributed by atoms with Crippen molar-refractivity contribution in [3.8, 4) is 0 Å². The molecule has 0 aromatic carbocycles. The Balaban J connectivity index is 1.75. The largest absolute Gasteiger partial charge is 0.380 e. The lowest BCUT2D eigenvalue weighted by Crippen LogP contribution is -2.54. The van der Waals surface area contributed by atoms with Crippen molar-refractivity contribution < 1.29 is 13.2 Å². The molecule has 1 N–H and O–H groups in total. The van der Waals surface area contributed by atoms with Gasteiger partial charge < -0.3 is 10.1 Å². The molecule has 70 valence electrons. The summed E-state index contributed by atoms with van der Waals surface area (Å²) in [5.74, 6) is 0.618. The second-order valence-electron chi connectivity index (χ2n) is 3.50. The maximum Gasteiger partial charge on any atom is 0.153 e. The molecule has 1 unspecified atom stereocenters. The third-order valence-corrected chi connectivity index (χ3v) is 4.13. The van der Waals surface area contributed by atoms with Crippen LogP contribution in [0.1, 0.15) is 6.42 Å². The van der Waals surface area contributed by atoms with Crippen LogP contribution in [0.4, 0.5) is 0 Å². The van der Waals surface area contributed by atoms with Crippen LogP contribution in [-0.4, -0.2) is 45.2 Å². The Bertz CT molecular complexity index is 244. The Kier molecular flexibility index (Phi) is 2.10. The van der Waals surface area contributed by atoms with Gasteiger partial charge in [-0.15, -0.1) is 0 Å². The quantitative estimate of drug-likeness (QED) is 0.618. The smallest absolute Gasteiger partial charge is 0.153 e. The van der Waals surface area contributed by atoms with Gasteiger partial charge in [-0.3, -0.25) is 0 Å². The molecule has 0 aliphatic carbocycles. The van der Waals surface area contributed by atoms with Gasteiger partial charge in [0.1, 0.15) is 0 Å². The molecule has 1 atom stereocenters. The summed E-state index contributed by atoms with van der Waals surface area (Å²) in [6.45, 7) is 1.54. The molecule has 12 heavy (non-hydrogen) atoms. The van der Waals surface area contributed by atoms with E-state index in [4.69, 9.17) is 4.74 Å². The molecule has 5 heteroatoms. The molecule has 0 spiro atoms. The molecule has 2 aliphatic rings. The van der Waals surface area contributed by atoms with Crippen LogP contribution >= 0.6 is 0 Å². The molecule has 2 saturated heterocycles. The van der Waals surface area contributed by atoms with Gasteiger partial charge in [-0.1, -0.05) is 0 Å². The minimum Gasteiger partial charge on any atom is -0.380 e. The van der Waals surface area contributed by atoms with E-state index in [1.807, 2.05) is 0 Å². The van der Waals surface area contributed by atoms with E-state index in [1.54, 1.807) is 0 Å². The molecule has 2 fully saturated rings.